The Hall–Kier alpha value is -3.20. The van der Waals surface area contributed by atoms with Gasteiger partial charge in [0.15, 0.2) is 6.61 Å². The summed E-state index contributed by atoms with van der Waals surface area (Å²) in [5.74, 6) is -1.86. The Bertz CT molecular complexity index is 963. The van der Waals surface area contributed by atoms with E-state index in [9.17, 15) is 14.4 Å². The van der Waals surface area contributed by atoms with Crippen LogP contribution in [0.3, 0.4) is 0 Å². The largest absolute Gasteiger partial charge is 0.454 e. The topological polar surface area (TPSA) is 103 Å². The van der Waals surface area contributed by atoms with Crippen LogP contribution in [0.5, 0.6) is 0 Å². The molecule has 0 spiro atoms. The zero-order valence-corrected chi connectivity index (χ0v) is 15.3. The fourth-order valence-corrected chi connectivity index (χ4v) is 3.04. The molecule has 3 aromatic rings. The second kappa shape index (κ2) is 8.45. The van der Waals surface area contributed by atoms with E-state index in [1.807, 2.05) is 30.5 Å². The Labute approximate surface area is 158 Å². The molecule has 1 N–H and O–H groups in total. The Morgan fingerprint density at radius 1 is 1.26 bits per heavy atom. The van der Waals surface area contributed by atoms with E-state index in [-0.39, 0.29) is 11.9 Å². The highest BCUT2D eigenvalue weighted by molar-refractivity contribution is 7.10. The molecule has 27 heavy (non-hydrogen) atoms. The molecule has 0 saturated carbocycles. The van der Waals surface area contributed by atoms with E-state index in [1.165, 1.54) is 11.3 Å². The highest BCUT2D eigenvalue weighted by atomic mass is 32.1. The van der Waals surface area contributed by atoms with Crippen molar-refractivity contribution in [3.63, 3.8) is 0 Å². The maximum Gasteiger partial charge on any atom is 0.437 e. The van der Waals surface area contributed by atoms with E-state index in [4.69, 9.17) is 9.15 Å². The summed E-state index contributed by atoms with van der Waals surface area (Å²) in [5.41, 5.74) is 0.614. The molecule has 8 nitrogen and oxygen atoms in total. The minimum Gasteiger partial charge on any atom is -0.454 e. The lowest BCUT2D eigenvalue weighted by Crippen LogP contribution is -2.32. The summed E-state index contributed by atoms with van der Waals surface area (Å²) in [6.07, 6.45) is 0. The van der Waals surface area contributed by atoms with Crippen molar-refractivity contribution in [2.75, 3.05) is 6.61 Å². The molecule has 1 amide bonds. The van der Waals surface area contributed by atoms with Crippen LogP contribution in [0.4, 0.5) is 0 Å². The maximum atomic E-state index is 11.9. The second-order valence-electron chi connectivity index (χ2n) is 5.66. The fourth-order valence-electron chi connectivity index (χ4n) is 2.31. The van der Waals surface area contributed by atoms with Gasteiger partial charge in [-0.2, -0.15) is 4.68 Å². The van der Waals surface area contributed by atoms with Crippen molar-refractivity contribution in [3.8, 4) is 11.5 Å². The molecule has 1 atom stereocenters. The van der Waals surface area contributed by atoms with Crippen LogP contribution in [-0.4, -0.2) is 28.3 Å². The summed E-state index contributed by atoms with van der Waals surface area (Å²) >= 11 is 1.52. The summed E-state index contributed by atoms with van der Waals surface area (Å²) < 4.78 is 10.8. The molecule has 9 heteroatoms. The van der Waals surface area contributed by atoms with Crippen LogP contribution in [0.25, 0.3) is 11.5 Å². The number of ether oxygens (including phenoxy) is 1. The highest BCUT2D eigenvalue weighted by Crippen LogP contribution is 2.17. The second-order valence-corrected chi connectivity index (χ2v) is 6.64. The first-order chi connectivity index (χ1) is 13.0. The van der Waals surface area contributed by atoms with E-state index < -0.39 is 30.8 Å². The Morgan fingerprint density at radius 2 is 2.04 bits per heavy atom. The number of amides is 1. The minimum atomic E-state index is -0.776. The van der Waals surface area contributed by atoms with Gasteiger partial charge in [0.2, 0.25) is 5.89 Å². The van der Waals surface area contributed by atoms with Crippen LogP contribution in [0.1, 0.15) is 17.8 Å². The van der Waals surface area contributed by atoms with Crippen molar-refractivity contribution in [1.29, 1.82) is 0 Å². The molecule has 0 radical (unpaired) electrons. The van der Waals surface area contributed by atoms with Crippen LogP contribution < -0.4 is 11.1 Å². The molecule has 0 fully saturated rings. The first-order valence-corrected chi connectivity index (χ1v) is 9.02. The SMILES string of the molecule is C[C@H](NC(=O)COC(=O)Cn1nc(-c2ccccc2)oc1=O)c1cccs1. The summed E-state index contributed by atoms with van der Waals surface area (Å²) in [7, 11) is 0. The van der Waals surface area contributed by atoms with Crippen molar-refractivity contribution in [3.05, 3.63) is 63.3 Å². The number of esters is 1. The fraction of sp³-hybridized carbons (Fsp3) is 0.222. The average molecular weight is 387 g/mol. The molecule has 0 unspecified atom stereocenters. The Balaban J connectivity index is 1.51. The van der Waals surface area contributed by atoms with E-state index in [2.05, 4.69) is 10.4 Å². The van der Waals surface area contributed by atoms with Crippen LogP contribution in [0, 0.1) is 0 Å². The van der Waals surface area contributed by atoms with Gasteiger partial charge < -0.3 is 14.5 Å². The molecule has 2 heterocycles. The van der Waals surface area contributed by atoms with Gasteiger partial charge in [-0.1, -0.05) is 24.3 Å². The average Bonchev–Trinajstić information content (AvgIpc) is 3.31. The lowest BCUT2D eigenvalue weighted by atomic mass is 10.2. The molecule has 0 bridgehead atoms. The summed E-state index contributed by atoms with van der Waals surface area (Å²) in [6, 6.07) is 12.4. The first kappa shape index (κ1) is 18.6. The van der Waals surface area contributed by atoms with Crippen molar-refractivity contribution in [2.45, 2.75) is 19.5 Å². The van der Waals surface area contributed by atoms with Gasteiger partial charge in [0.25, 0.3) is 5.91 Å². The number of nitrogens with one attached hydrogen (secondary N) is 1. The normalized spacial score (nSPS) is 11.7. The third-order valence-electron chi connectivity index (χ3n) is 3.62. The van der Waals surface area contributed by atoms with Crippen LogP contribution in [0.2, 0.25) is 0 Å². The maximum absolute atomic E-state index is 11.9. The number of nitrogens with zero attached hydrogens (tertiary/aromatic N) is 2. The van der Waals surface area contributed by atoms with E-state index >= 15 is 0 Å². The number of hydrogen-bond acceptors (Lipinski definition) is 7. The predicted octanol–water partition coefficient (Wildman–Crippen LogP) is 1.99. The summed E-state index contributed by atoms with van der Waals surface area (Å²) in [4.78, 5) is 36.6. The number of aromatic nitrogens is 2. The van der Waals surface area contributed by atoms with Crippen LogP contribution in [-0.2, 0) is 20.9 Å². The Kier molecular flexibility index (Phi) is 5.82. The van der Waals surface area contributed by atoms with Gasteiger partial charge in [0.05, 0.1) is 6.04 Å². The Morgan fingerprint density at radius 3 is 2.74 bits per heavy atom. The number of benzene rings is 1. The lowest BCUT2D eigenvalue weighted by molar-refractivity contribution is -0.149. The molecular formula is C18H17N3O5S. The van der Waals surface area contributed by atoms with Crippen LogP contribution in [0.15, 0.2) is 57.1 Å². The molecule has 140 valence electrons. The molecule has 3 rings (SSSR count). The van der Waals surface area contributed by atoms with E-state index in [0.29, 0.717) is 5.56 Å². The van der Waals surface area contributed by atoms with Gasteiger partial charge in [-0.3, -0.25) is 9.59 Å². The molecule has 0 aliphatic carbocycles. The van der Waals surface area contributed by atoms with E-state index in [1.54, 1.807) is 24.3 Å². The zero-order valence-electron chi connectivity index (χ0n) is 14.5. The predicted molar refractivity (Wildman–Crippen MR) is 98.0 cm³/mol. The monoisotopic (exact) mass is 387 g/mol. The highest BCUT2D eigenvalue weighted by Gasteiger charge is 2.16. The number of rotatable bonds is 7. The number of thiophene rings is 1. The van der Waals surface area contributed by atoms with Gasteiger partial charge in [-0.25, -0.2) is 4.79 Å². The molecule has 0 aliphatic rings. The van der Waals surface area contributed by atoms with Gasteiger partial charge in [0, 0.05) is 10.4 Å². The van der Waals surface area contributed by atoms with Gasteiger partial charge >= 0.3 is 11.7 Å². The van der Waals surface area contributed by atoms with Gasteiger partial charge in [-0.15, -0.1) is 16.4 Å². The van der Waals surface area contributed by atoms with Crippen molar-refractivity contribution in [1.82, 2.24) is 15.1 Å². The van der Waals surface area contributed by atoms with Crippen molar-refractivity contribution in [2.24, 2.45) is 0 Å². The van der Waals surface area contributed by atoms with Gasteiger partial charge in [-0.05, 0) is 30.5 Å². The first-order valence-electron chi connectivity index (χ1n) is 8.14. The standard InChI is InChI=1S/C18H17N3O5S/c1-12(14-8-5-9-27-14)19-15(22)11-25-16(23)10-21-18(24)26-17(20-21)13-6-3-2-4-7-13/h2-9,12H,10-11H2,1H3,(H,19,22)/t12-/m0/s1. The lowest BCUT2D eigenvalue weighted by Gasteiger charge is -2.12. The molecule has 0 aliphatic heterocycles. The molecule has 1 aromatic carbocycles. The number of carbonyl (C=O) groups is 2. The molecule has 2 aromatic heterocycles. The van der Waals surface area contributed by atoms with Crippen molar-refractivity contribution < 1.29 is 18.7 Å². The number of carbonyl (C=O) groups excluding carboxylic acids is 2. The minimum absolute atomic E-state index is 0.107. The number of hydrogen-bond donors (Lipinski definition) is 1. The molecular weight excluding hydrogens is 370 g/mol. The van der Waals surface area contributed by atoms with Gasteiger partial charge in [0.1, 0.15) is 6.54 Å². The molecule has 0 saturated heterocycles. The summed E-state index contributed by atoms with van der Waals surface area (Å²) in [6.45, 7) is 0.960. The zero-order chi connectivity index (χ0) is 19.2. The summed E-state index contributed by atoms with van der Waals surface area (Å²) in [5, 5.41) is 8.61. The third kappa shape index (κ3) is 4.91. The smallest absolute Gasteiger partial charge is 0.437 e. The quantitative estimate of drug-likeness (QED) is 0.622. The van der Waals surface area contributed by atoms with Crippen LogP contribution >= 0.6 is 11.3 Å². The third-order valence-corrected chi connectivity index (χ3v) is 4.67. The van der Waals surface area contributed by atoms with Crippen molar-refractivity contribution >= 4 is 23.2 Å². The van der Waals surface area contributed by atoms with E-state index in [0.717, 1.165) is 9.56 Å².